The third-order valence-electron chi connectivity index (χ3n) is 7.80. The van der Waals surface area contributed by atoms with Gasteiger partial charge in [-0.2, -0.15) is 4.98 Å². The Morgan fingerprint density at radius 3 is 2.18 bits per heavy atom. The van der Waals surface area contributed by atoms with Crippen molar-refractivity contribution in [1.29, 1.82) is 0 Å². The van der Waals surface area contributed by atoms with Gasteiger partial charge in [-0.3, -0.25) is 0 Å². The van der Waals surface area contributed by atoms with Gasteiger partial charge in [0.2, 0.25) is 11.8 Å². The second-order valence-corrected chi connectivity index (χ2v) is 10.9. The number of benzene rings is 2. The highest BCUT2D eigenvalue weighted by Crippen LogP contribution is 2.33. The van der Waals surface area contributed by atoms with Gasteiger partial charge in [0.25, 0.3) is 0 Å². The minimum atomic E-state index is -0.433. The molecule has 4 aromatic rings. The quantitative estimate of drug-likeness (QED) is 0.273. The lowest BCUT2D eigenvalue weighted by molar-refractivity contribution is 0.0490. The van der Waals surface area contributed by atoms with Crippen molar-refractivity contribution in [3.8, 4) is 22.9 Å². The smallest absolute Gasteiger partial charge is 0.410 e. The van der Waals surface area contributed by atoms with Crippen LogP contribution in [-0.4, -0.2) is 66.3 Å². The van der Waals surface area contributed by atoms with Crippen molar-refractivity contribution in [1.82, 2.24) is 20.2 Å². The number of hydrogen-bond acceptors (Lipinski definition) is 8. The van der Waals surface area contributed by atoms with Crippen LogP contribution < -0.4 is 19.7 Å². The molecule has 9 nitrogen and oxygen atoms in total. The molecule has 2 saturated heterocycles. The maximum Gasteiger partial charge on any atom is 0.410 e. The van der Waals surface area contributed by atoms with E-state index in [9.17, 15) is 4.79 Å². The normalized spacial score (nSPS) is 15.6. The molecule has 10 heteroatoms. The van der Waals surface area contributed by atoms with Crippen molar-refractivity contribution < 1.29 is 23.4 Å². The van der Waals surface area contributed by atoms with Gasteiger partial charge in [-0.25, -0.2) is 14.2 Å². The van der Waals surface area contributed by atoms with E-state index in [4.69, 9.17) is 14.2 Å². The standard InChI is InChI=1S/C34H36FN5O4/c35-30-21-27(22-37-32(30)39-17-13-28(14-18-39)44-34(41)40-19-15-36-16-20-40)29-11-12-31(42-23-25-7-3-1-4-8-25)38-33(29)43-24-26-9-5-2-6-10-26/h1-12,21-22,28,36H,13-20,23-24H2. The number of ether oxygens (including phenoxy) is 3. The molecule has 1 N–H and O–H groups in total. The van der Waals surface area contributed by atoms with Gasteiger partial charge >= 0.3 is 6.09 Å². The van der Waals surface area contributed by atoms with E-state index in [1.165, 1.54) is 6.07 Å². The predicted octanol–water partition coefficient (Wildman–Crippen LogP) is 5.45. The fourth-order valence-corrected chi connectivity index (χ4v) is 5.35. The van der Waals surface area contributed by atoms with Gasteiger partial charge in [-0.15, -0.1) is 0 Å². The van der Waals surface area contributed by atoms with E-state index >= 15 is 4.39 Å². The van der Waals surface area contributed by atoms with Crippen LogP contribution in [0.15, 0.2) is 85.1 Å². The fourth-order valence-electron chi connectivity index (χ4n) is 5.35. The van der Waals surface area contributed by atoms with Crippen LogP contribution in [0.3, 0.4) is 0 Å². The number of piperidine rings is 1. The largest absolute Gasteiger partial charge is 0.473 e. The van der Waals surface area contributed by atoms with Crippen molar-refractivity contribution >= 4 is 11.9 Å². The number of nitrogens with zero attached hydrogens (tertiary/aromatic N) is 4. The first-order valence-corrected chi connectivity index (χ1v) is 15.0. The van der Waals surface area contributed by atoms with Crippen LogP contribution in [0.4, 0.5) is 15.0 Å². The third kappa shape index (κ3) is 7.44. The van der Waals surface area contributed by atoms with E-state index in [1.807, 2.05) is 71.6 Å². The summed E-state index contributed by atoms with van der Waals surface area (Å²) >= 11 is 0. The van der Waals surface area contributed by atoms with E-state index in [0.717, 1.165) is 24.2 Å². The van der Waals surface area contributed by atoms with E-state index in [2.05, 4.69) is 15.3 Å². The van der Waals surface area contributed by atoms with Gasteiger partial charge in [0.05, 0.1) is 0 Å². The Morgan fingerprint density at radius 2 is 1.52 bits per heavy atom. The number of hydrogen-bond donors (Lipinski definition) is 1. The monoisotopic (exact) mass is 597 g/mol. The number of rotatable bonds is 9. The van der Waals surface area contributed by atoms with Crippen molar-refractivity contribution in [2.45, 2.75) is 32.2 Å². The molecule has 0 aliphatic carbocycles. The summed E-state index contributed by atoms with van der Waals surface area (Å²) in [5.74, 6) is 0.590. The number of anilines is 1. The maximum atomic E-state index is 15.6. The first-order chi connectivity index (χ1) is 21.6. The Bertz CT molecular complexity index is 1530. The van der Waals surface area contributed by atoms with Crippen LogP contribution >= 0.6 is 0 Å². The highest BCUT2D eigenvalue weighted by Gasteiger charge is 2.27. The van der Waals surface area contributed by atoms with Crippen molar-refractivity contribution in [2.24, 2.45) is 0 Å². The van der Waals surface area contributed by atoms with Crippen LogP contribution in [0, 0.1) is 5.82 Å². The van der Waals surface area contributed by atoms with Crippen LogP contribution in [0.1, 0.15) is 24.0 Å². The molecule has 44 heavy (non-hydrogen) atoms. The Morgan fingerprint density at radius 1 is 0.864 bits per heavy atom. The minimum Gasteiger partial charge on any atom is -0.473 e. The summed E-state index contributed by atoms with van der Waals surface area (Å²) < 4.78 is 33.4. The summed E-state index contributed by atoms with van der Waals surface area (Å²) in [6.07, 6.45) is 2.42. The lowest BCUT2D eigenvalue weighted by Crippen LogP contribution is -2.48. The zero-order valence-electron chi connectivity index (χ0n) is 24.5. The third-order valence-corrected chi connectivity index (χ3v) is 7.80. The molecule has 0 spiro atoms. The van der Waals surface area contributed by atoms with Gasteiger partial charge in [0.15, 0.2) is 11.6 Å². The number of aromatic nitrogens is 2. The lowest BCUT2D eigenvalue weighted by atomic mass is 10.1. The summed E-state index contributed by atoms with van der Waals surface area (Å²) in [6, 6.07) is 24.7. The average molecular weight is 598 g/mol. The highest BCUT2D eigenvalue weighted by molar-refractivity contribution is 5.70. The van der Waals surface area contributed by atoms with Crippen LogP contribution in [0.5, 0.6) is 11.8 Å². The molecule has 228 valence electrons. The molecule has 4 heterocycles. The summed E-state index contributed by atoms with van der Waals surface area (Å²) in [5.41, 5.74) is 3.17. The minimum absolute atomic E-state index is 0.186. The van der Waals surface area contributed by atoms with Gasteiger partial charge < -0.3 is 29.3 Å². The van der Waals surface area contributed by atoms with Crippen LogP contribution in [0.25, 0.3) is 11.1 Å². The second kappa shape index (κ2) is 14.2. The number of nitrogens with one attached hydrogen (secondary N) is 1. The van der Waals surface area contributed by atoms with E-state index in [-0.39, 0.29) is 18.0 Å². The summed E-state index contributed by atoms with van der Waals surface area (Å²) in [5, 5.41) is 3.23. The molecule has 6 rings (SSSR count). The van der Waals surface area contributed by atoms with Gasteiger partial charge in [0.1, 0.15) is 19.3 Å². The van der Waals surface area contributed by atoms with E-state index in [1.54, 1.807) is 17.2 Å². The second-order valence-electron chi connectivity index (χ2n) is 10.9. The molecule has 0 unspecified atom stereocenters. The Hall–Kier alpha value is -4.70. The summed E-state index contributed by atoms with van der Waals surface area (Å²) in [6.45, 7) is 4.60. The van der Waals surface area contributed by atoms with Gasteiger partial charge in [-0.1, -0.05) is 60.7 Å². The molecule has 2 aromatic heterocycles. The van der Waals surface area contributed by atoms with Crippen molar-refractivity contribution in [2.75, 3.05) is 44.2 Å². The number of carbonyl (C=O) groups excluding carboxylic acids is 1. The Balaban J connectivity index is 1.14. The number of pyridine rings is 2. The number of halogens is 1. The molecule has 0 atom stereocenters. The number of piperazine rings is 1. The van der Waals surface area contributed by atoms with Gasteiger partial charge in [-0.05, 0) is 23.3 Å². The summed E-state index contributed by atoms with van der Waals surface area (Å²) in [7, 11) is 0. The predicted molar refractivity (Wildman–Crippen MR) is 165 cm³/mol. The van der Waals surface area contributed by atoms with Crippen molar-refractivity contribution in [3.05, 3.63) is 102 Å². The zero-order valence-corrected chi connectivity index (χ0v) is 24.5. The molecule has 2 aliphatic heterocycles. The Labute approximate surface area is 256 Å². The first kappa shape index (κ1) is 29.4. The molecular weight excluding hydrogens is 561 g/mol. The van der Waals surface area contributed by atoms with E-state index in [0.29, 0.717) is 75.1 Å². The number of amides is 1. The molecular formula is C34H36FN5O4. The summed E-state index contributed by atoms with van der Waals surface area (Å²) in [4.78, 5) is 25.3. The van der Waals surface area contributed by atoms with Crippen molar-refractivity contribution in [3.63, 3.8) is 0 Å². The SMILES string of the molecule is O=C(OC1CCN(c2ncc(-c3ccc(OCc4ccccc4)nc3OCc3ccccc3)cc2F)CC1)N1CCNCC1. The molecule has 2 aromatic carbocycles. The topological polar surface area (TPSA) is 89.0 Å². The molecule has 2 fully saturated rings. The molecule has 1 amide bonds. The number of carbonyl (C=O) groups is 1. The lowest BCUT2D eigenvalue weighted by Gasteiger charge is -2.34. The first-order valence-electron chi connectivity index (χ1n) is 15.0. The molecule has 0 saturated carbocycles. The van der Waals surface area contributed by atoms with Crippen LogP contribution in [0.2, 0.25) is 0 Å². The molecule has 0 radical (unpaired) electrons. The average Bonchev–Trinajstić information content (AvgIpc) is 3.08. The van der Waals surface area contributed by atoms with E-state index < -0.39 is 5.82 Å². The Kier molecular flexibility index (Phi) is 9.47. The van der Waals surface area contributed by atoms with Gasteiger partial charge in [0, 0.05) is 75.5 Å². The fraction of sp³-hybridized carbons (Fsp3) is 0.324. The zero-order chi connectivity index (χ0) is 30.1. The molecule has 2 aliphatic rings. The molecule has 0 bridgehead atoms. The maximum absolute atomic E-state index is 15.6. The van der Waals surface area contributed by atoms with Crippen LogP contribution in [-0.2, 0) is 18.0 Å². The highest BCUT2D eigenvalue weighted by atomic mass is 19.1.